The summed E-state index contributed by atoms with van der Waals surface area (Å²) in [5.74, 6) is 0. The molecule has 1 rings (SSSR count). The van der Waals surface area contributed by atoms with E-state index in [0.29, 0.717) is 0 Å². The zero-order valence-corrected chi connectivity index (χ0v) is 38.7. The smallest absolute Gasteiger partial charge is 0.417 e. The van der Waals surface area contributed by atoms with Gasteiger partial charge in [0.05, 0.1) is 0 Å². The molecule has 0 bridgehead atoms. The van der Waals surface area contributed by atoms with E-state index in [4.69, 9.17) is 26.2 Å². The number of allylic oxidation sites excluding steroid dienone is 1. The minimum absolute atomic E-state index is 0. The van der Waals surface area contributed by atoms with Crippen molar-refractivity contribution in [3.63, 3.8) is 0 Å². The van der Waals surface area contributed by atoms with Gasteiger partial charge in [0.2, 0.25) is 0 Å². The summed E-state index contributed by atoms with van der Waals surface area (Å²) in [4.78, 5) is 0. The summed E-state index contributed by atoms with van der Waals surface area (Å²) in [6.07, 6.45) is 6.51. The molecule has 0 aromatic carbocycles. The van der Waals surface area contributed by atoms with E-state index in [-0.39, 0.29) is 27.4 Å². The van der Waals surface area contributed by atoms with Gasteiger partial charge in [-0.05, 0) is 111 Å². The molecule has 6 nitrogen and oxygen atoms in total. The first-order chi connectivity index (χ1) is 17.5. The standard InChI is InChI=1S/C11H29BrO3Si3.C8H22O2Si2.C4H8O.C3H5Br.Pt/c1-16(2,3)14-18(7,15-17(4,5)6)13-11-9-8-10-12;1-8(9-11(2,3)4)10-12(5,6)7;1-2-4-5-3-1;1-2-3-4;/h8-11H2,1-7H3;8H,1-7H3;1-4H2;2H,1,3H2;. The molecule has 1 heterocycles. The first-order valence-electron chi connectivity index (χ1n) is 14.2. The second-order valence-corrected chi connectivity index (χ2v) is 35.8. The summed E-state index contributed by atoms with van der Waals surface area (Å²) < 4.78 is 35.0. The summed E-state index contributed by atoms with van der Waals surface area (Å²) in [5.41, 5.74) is 0. The number of unbranched alkanes of at least 4 members (excludes halogenated alkanes) is 1. The van der Waals surface area contributed by atoms with Crippen molar-refractivity contribution in [3.8, 4) is 0 Å². The molecule has 0 unspecified atom stereocenters. The normalized spacial score (nSPS) is 14.1. The van der Waals surface area contributed by atoms with E-state index in [1.54, 1.807) is 6.08 Å². The van der Waals surface area contributed by atoms with E-state index >= 15 is 0 Å². The Bertz CT molecular complexity index is 554. The molecule has 1 fully saturated rings. The molecule has 0 radical (unpaired) electrons. The molecule has 0 atom stereocenters. The molecular weight excluding hydrogens is 904 g/mol. The maximum Gasteiger partial charge on any atom is 0.476 e. The third-order valence-corrected chi connectivity index (χ3v) is 15.5. The van der Waals surface area contributed by atoms with Crippen molar-refractivity contribution in [1.82, 2.24) is 0 Å². The summed E-state index contributed by atoms with van der Waals surface area (Å²) in [6.45, 7) is 36.4. The monoisotopic (exact) mass is 965 g/mol. The topological polar surface area (TPSA) is 55.4 Å². The maximum absolute atomic E-state index is 6.24. The Morgan fingerprint density at radius 3 is 1.32 bits per heavy atom. The van der Waals surface area contributed by atoms with Crippen molar-refractivity contribution in [3.05, 3.63) is 12.7 Å². The minimum Gasteiger partial charge on any atom is -0.417 e. The fourth-order valence-electron chi connectivity index (χ4n) is 3.18. The number of hydrogen-bond donors (Lipinski definition) is 0. The Balaban J connectivity index is -0.000000251. The predicted octanol–water partition coefficient (Wildman–Crippen LogP) is 9.85. The average molecular weight is 968 g/mol. The summed E-state index contributed by atoms with van der Waals surface area (Å²) >= 11 is 6.56. The van der Waals surface area contributed by atoms with Crippen LogP contribution in [0, 0.1) is 0 Å². The number of halogens is 2. The van der Waals surface area contributed by atoms with Gasteiger partial charge in [0.1, 0.15) is 6.29 Å². The van der Waals surface area contributed by atoms with Crippen molar-refractivity contribution in [1.29, 1.82) is 0 Å². The molecule has 0 aromatic rings. The van der Waals surface area contributed by atoms with Gasteiger partial charge in [0.15, 0.2) is 33.3 Å². The van der Waals surface area contributed by atoms with Gasteiger partial charge in [-0.25, -0.2) is 0 Å². The number of alkyl halides is 2. The maximum atomic E-state index is 6.24. The molecule has 0 aliphatic carbocycles. The van der Waals surface area contributed by atoms with E-state index in [2.05, 4.69) is 124 Å². The van der Waals surface area contributed by atoms with Crippen molar-refractivity contribution in [2.45, 2.75) is 124 Å². The Hall–Kier alpha value is 2.23. The quantitative estimate of drug-likeness (QED) is 0.0569. The van der Waals surface area contributed by atoms with E-state index < -0.39 is 42.1 Å². The molecule has 0 spiro atoms. The summed E-state index contributed by atoms with van der Waals surface area (Å²) in [7, 11) is -8.58. The van der Waals surface area contributed by atoms with Crippen LogP contribution in [0.5, 0.6) is 0 Å². The van der Waals surface area contributed by atoms with E-state index in [1.807, 2.05) is 6.92 Å². The molecule has 0 aromatic heterocycles. The molecule has 14 heteroatoms. The Labute approximate surface area is 286 Å². The van der Waals surface area contributed by atoms with Crippen LogP contribution in [0.2, 0.25) is 85.1 Å². The SMILES string of the molecule is C1CCOC1.C=CCBr.CC(O[Si](C)(C)C)O[Si](C)(C)C.C[Si](C)(C)O[Si](C)(OCCCCBr)O[Si](C)(C)C.[Pt]. The fourth-order valence-corrected chi connectivity index (χ4v) is 16.2. The molecule has 1 aliphatic rings. The summed E-state index contributed by atoms with van der Waals surface area (Å²) in [6, 6.07) is 0. The van der Waals surface area contributed by atoms with E-state index in [9.17, 15) is 0 Å². The summed E-state index contributed by atoms with van der Waals surface area (Å²) in [5, 5.41) is 1.92. The Kier molecular flexibility index (Phi) is 31.2. The first kappa shape index (κ1) is 49.1. The molecule has 1 aliphatic heterocycles. The number of hydrogen-bond acceptors (Lipinski definition) is 6. The number of ether oxygens (including phenoxy) is 1. The van der Waals surface area contributed by atoms with Crippen LogP contribution in [-0.4, -0.2) is 78.8 Å². The molecular formula is C26H64Br2O6PtSi5. The number of rotatable bonds is 14. The molecule has 0 amide bonds. The molecule has 1 saturated heterocycles. The molecule has 0 N–H and O–H groups in total. The van der Waals surface area contributed by atoms with Gasteiger partial charge in [0.25, 0.3) is 0 Å². The van der Waals surface area contributed by atoms with E-state index in [0.717, 1.165) is 43.3 Å². The van der Waals surface area contributed by atoms with Crippen LogP contribution in [0.15, 0.2) is 12.7 Å². The Morgan fingerprint density at radius 1 is 0.725 bits per heavy atom. The van der Waals surface area contributed by atoms with Crippen LogP contribution >= 0.6 is 31.9 Å². The van der Waals surface area contributed by atoms with Crippen molar-refractivity contribution in [2.24, 2.45) is 0 Å². The van der Waals surface area contributed by atoms with Gasteiger partial charge in [-0.2, -0.15) is 0 Å². The van der Waals surface area contributed by atoms with Crippen molar-refractivity contribution < 1.29 is 47.3 Å². The zero-order chi connectivity index (χ0) is 31.4. The van der Waals surface area contributed by atoms with Crippen LogP contribution in [0.25, 0.3) is 0 Å². The Morgan fingerprint density at radius 2 is 1.10 bits per heavy atom. The second kappa shape index (κ2) is 25.4. The van der Waals surface area contributed by atoms with Crippen LogP contribution < -0.4 is 0 Å². The van der Waals surface area contributed by atoms with Crippen molar-refractivity contribution >= 4 is 73.9 Å². The third kappa shape index (κ3) is 44.7. The van der Waals surface area contributed by atoms with Crippen molar-refractivity contribution in [2.75, 3.05) is 30.5 Å². The van der Waals surface area contributed by atoms with Gasteiger partial charge in [-0.15, -0.1) is 6.58 Å². The molecule has 0 saturated carbocycles. The predicted molar refractivity (Wildman–Crippen MR) is 192 cm³/mol. The van der Waals surface area contributed by atoms with Crippen LogP contribution in [0.1, 0.15) is 32.6 Å². The van der Waals surface area contributed by atoms with Crippen LogP contribution in [0.4, 0.5) is 0 Å². The zero-order valence-electron chi connectivity index (χ0n) is 28.2. The van der Waals surface area contributed by atoms with Gasteiger partial charge in [0, 0.05) is 58.1 Å². The largest absolute Gasteiger partial charge is 0.476 e. The van der Waals surface area contributed by atoms with Gasteiger partial charge >= 0.3 is 8.80 Å². The van der Waals surface area contributed by atoms with Gasteiger partial charge < -0.3 is 26.2 Å². The fraction of sp³-hybridized carbons (Fsp3) is 0.923. The average Bonchev–Trinajstić information content (AvgIpc) is 3.26. The van der Waals surface area contributed by atoms with Gasteiger partial charge in [-0.1, -0.05) is 37.9 Å². The first-order valence-corrected chi connectivity index (χ1v) is 32.3. The molecule has 248 valence electrons. The van der Waals surface area contributed by atoms with Gasteiger partial charge in [-0.3, -0.25) is 0 Å². The molecule has 40 heavy (non-hydrogen) atoms. The second-order valence-electron chi connectivity index (χ2n) is 13.3. The van der Waals surface area contributed by atoms with Crippen LogP contribution in [0.3, 0.4) is 0 Å². The van der Waals surface area contributed by atoms with Crippen LogP contribution in [-0.2, 0) is 47.3 Å². The third-order valence-electron chi connectivity index (χ3n) is 3.85. The van der Waals surface area contributed by atoms with E-state index in [1.165, 1.54) is 12.8 Å². The minimum atomic E-state index is -2.46.